The van der Waals surface area contributed by atoms with Crippen molar-refractivity contribution < 1.29 is 9.18 Å². The molecule has 0 saturated carbocycles. The molecule has 0 bridgehead atoms. The average molecular weight is 324 g/mol. The summed E-state index contributed by atoms with van der Waals surface area (Å²) in [5.41, 5.74) is 2.13. The van der Waals surface area contributed by atoms with E-state index in [9.17, 15) is 9.18 Å². The lowest BCUT2D eigenvalue weighted by Gasteiger charge is -2.34. The number of benzene rings is 2. The zero-order valence-electron chi connectivity index (χ0n) is 13.6. The Balaban J connectivity index is 1.48. The van der Waals surface area contributed by atoms with Crippen LogP contribution in [0.2, 0.25) is 0 Å². The van der Waals surface area contributed by atoms with Gasteiger partial charge in [-0.15, -0.1) is 0 Å². The van der Waals surface area contributed by atoms with Crippen LogP contribution in [0, 0.1) is 5.82 Å². The Morgan fingerprint density at radius 1 is 0.958 bits per heavy atom. The third-order valence-corrected chi connectivity index (χ3v) is 4.22. The molecule has 1 fully saturated rings. The SMILES string of the molecule is O=C(/C=C/c1ccccc1)N1CCN(Cc2ccc(F)cc2)CC1. The highest BCUT2D eigenvalue weighted by molar-refractivity contribution is 5.91. The summed E-state index contributed by atoms with van der Waals surface area (Å²) in [6, 6.07) is 16.4. The van der Waals surface area contributed by atoms with Gasteiger partial charge in [-0.3, -0.25) is 9.69 Å². The predicted octanol–water partition coefficient (Wildman–Crippen LogP) is 3.18. The molecule has 4 heteroatoms. The van der Waals surface area contributed by atoms with Gasteiger partial charge in [-0.2, -0.15) is 0 Å². The van der Waals surface area contributed by atoms with E-state index in [0.29, 0.717) is 0 Å². The van der Waals surface area contributed by atoms with Crippen LogP contribution in [0.4, 0.5) is 4.39 Å². The van der Waals surface area contributed by atoms with Crippen LogP contribution in [0.3, 0.4) is 0 Å². The minimum atomic E-state index is -0.209. The van der Waals surface area contributed by atoms with Crippen LogP contribution in [-0.4, -0.2) is 41.9 Å². The van der Waals surface area contributed by atoms with Crippen LogP contribution in [0.1, 0.15) is 11.1 Å². The monoisotopic (exact) mass is 324 g/mol. The van der Waals surface area contributed by atoms with Gasteiger partial charge in [0.15, 0.2) is 0 Å². The predicted molar refractivity (Wildman–Crippen MR) is 93.7 cm³/mol. The molecule has 1 aliphatic heterocycles. The molecule has 0 radical (unpaired) electrons. The molecule has 2 aromatic carbocycles. The van der Waals surface area contributed by atoms with Gasteiger partial charge in [-0.1, -0.05) is 42.5 Å². The molecular formula is C20H21FN2O. The molecule has 1 amide bonds. The van der Waals surface area contributed by atoms with Crippen molar-refractivity contribution in [2.24, 2.45) is 0 Å². The Morgan fingerprint density at radius 2 is 1.62 bits per heavy atom. The van der Waals surface area contributed by atoms with E-state index in [4.69, 9.17) is 0 Å². The second-order valence-electron chi connectivity index (χ2n) is 5.97. The topological polar surface area (TPSA) is 23.6 Å². The number of rotatable bonds is 4. The number of carbonyl (C=O) groups excluding carboxylic acids is 1. The number of amides is 1. The van der Waals surface area contributed by atoms with E-state index in [1.54, 1.807) is 6.08 Å². The maximum atomic E-state index is 12.9. The molecule has 124 valence electrons. The fourth-order valence-electron chi connectivity index (χ4n) is 2.81. The van der Waals surface area contributed by atoms with E-state index in [2.05, 4.69) is 4.90 Å². The van der Waals surface area contributed by atoms with Crippen molar-refractivity contribution in [2.45, 2.75) is 6.54 Å². The average Bonchev–Trinajstić information content (AvgIpc) is 2.63. The minimum Gasteiger partial charge on any atom is -0.337 e. The Bertz CT molecular complexity index is 689. The standard InChI is InChI=1S/C20H21FN2O/c21-19-9-6-18(7-10-19)16-22-12-14-23(15-13-22)20(24)11-8-17-4-2-1-3-5-17/h1-11H,12-16H2/b11-8+. The molecule has 2 aromatic rings. The molecule has 0 aromatic heterocycles. The summed E-state index contributed by atoms with van der Waals surface area (Å²) < 4.78 is 12.9. The van der Waals surface area contributed by atoms with E-state index in [1.165, 1.54) is 12.1 Å². The van der Waals surface area contributed by atoms with Crippen molar-refractivity contribution in [3.05, 3.63) is 77.6 Å². The number of piperazine rings is 1. The fourth-order valence-corrected chi connectivity index (χ4v) is 2.81. The van der Waals surface area contributed by atoms with Gasteiger partial charge in [0.1, 0.15) is 5.82 Å². The molecule has 0 unspecified atom stereocenters. The fraction of sp³-hybridized carbons (Fsp3) is 0.250. The largest absolute Gasteiger partial charge is 0.337 e. The second kappa shape index (κ2) is 7.88. The number of hydrogen-bond acceptors (Lipinski definition) is 2. The summed E-state index contributed by atoms with van der Waals surface area (Å²) in [5.74, 6) is -0.153. The van der Waals surface area contributed by atoms with Crippen molar-refractivity contribution in [3.63, 3.8) is 0 Å². The van der Waals surface area contributed by atoms with Gasteiger partial charge >= 0.3 is 0 Å². The molecule has 0 spiro atoms. The lowest BCUT2D eigenvalue weighted by Crippen LogP contribution is -2.47. The maximum absolute atomic E-state index is 12.9. The molecule has 3 rings (SSSR count). The zero-order valence-corrected chi connectivity index (χ0v) is 13.6. The van der Waals surface area contributed by atoms with Gasteiger partial charge in [-0.05, 0) is 29.3 Å². The Morgan fingerprint density at radius 3 is 2.29 bits per heavy atom. The Kier molecular flexibility index (Phi) is 5.39. The molecule has 3 nitrogen and oxygen atoms in total. The quantitative estimate of drug-likeness (QED) is 0.807. The van der Waals surface area contributed by atoms with Crippen LogP contribution < -0.4 is 0 Å². The summed E-state index contributed by atoms with van der Waals surface area (Å²) in [7, 11) is 0. The molecule has 0 atom stereocenters. The molecule has 24 heavy (non-hydrogen) atoms. The second-order valence-corrected chi connectivity index (χ2v) is 5.97. The zero-order chi connectivity index (χ0) is 16.8. The van der Waals surface area contributed by atoms with E-state index in [0.717, 1.165) is 43.9 Å². The van der Waals surface area contributed by atoms with Crippen molar-refractivity contribution in [1.82, 2.24) is 9.80 Å². The first kappa shape index (κ1) is 16.4. The van der Waals surface area contributed by atoms with E-state index in [-0.39, 0.29) is 11.7 Å². The summed E-state index contributed by atoms with van der Waals surface area (Å²) in [6.45, 7) is 3.91. The van der Waals surface area contributed by atoms with Crippen LogP contribution in [-0.2, 0) is 11.3 Å². The van der Waals surface area contributed by atoms with Crippen LogP contribution in [0.25, 0.3) is 6.08 Å². The van der Waals surface area contributed by atoms with Gasteiger partial charge < -0.3 is 4.90 Å². The first-order valence-corrected chi connectivity index (χ1v) is 8.19. The lowest BCUT2D eigenvalue weighted by atomic mass is 10.2. The molecule has 0 N–H and O–H groups in total. The third-order valence-electron chi connectivity index (χ3n) is 4.22. The molecule has 1 aliphatic rings. The van der Waals surface area contributed by atoms with Crippen molar-refractivity contribution >= 4 is 12.0 Å². The van der Waals surface area contributed by atoms with Crippen molar-refractivity contribution in [2.75, 3.05) is 26.2 Å². The molecule has 0 aliphatic carbocycles. The van der Waals surface area contributed by atoms with Crippen LogP contribution in [0.15, 0.2) is 60.7 Å². The number of nitrogens with zero attached hydrogens (tertiary/aromatic N) is 2. The van der Waals surface area contributed by atoms with Gasteiger partial charge in [0, 0.05) is 38.8 Å². The van der Waals surface area contributed by atoms with E-state index >= 15 is 0 Å². The number of hydrogen-bond donors (Lipinski definition) is 0. The lowest BCUT2D eigenvalue weighted by molar-refractivity contribution is -0.127. The maximum Gasteiger partial charge on any atom is 0.246 e. The Labute approximate surface area is 142 Å². The number of carbonyl (C=O) groups is 1. The van der Waals surface area contributed by atoms with Gasteiger partial charge in [-0.25, -0.2) is 4.39 Å². The van der Waals surface area contributed by atoms with Gasteiger partial charge in [0.2, 0.25) is 5.91 Å². The highest BCUT2D eigenvalue weighted by Crippen LogP contribution is 2.10. The normalized spacial score (nSPS) is 15.8. The highest BCUT2D eigenvalue weighted by Gasteiger charge is 2.19. The van der Waals surface area contributed by atoms with Gasteiger partial charge in [0.05, 0.1) is 0 Å². The molecular weight excluding hydrogens is 303 g/mol. The smallest absolute Gasteiger partial charge is 0.246 e. The summed E-state index contributed by atoms with van der Waals surface area (Å²) in [4.78, 5) is 16.4. The summed E-state index contributed by atoms with van der Waals surface area (Å²) in [6.07, 6.45) is 3.50. The summed E-state index contributed by atoms with van der Waals surface area (Å²) >= 11 is 0. The van der Waals surface area contributed by atoms with Crippen LogP contribution >= 0.6 is 0 Å². The first-order chi connectivity index (χ1) is 11.7. The van der Waals surface area contributed by atoms with E-state index < -0.39 is 0 Å². The highest BCUT2D eigenvalue weighted by atomic mass is 19.1. The van der Waals surface area contributed by atoms with Crippen molar-refractivity contribution in [3.8, 4) is 0 Å². The minimum absolute atomic E-state index is 0.0558. The molecule has 1 heterocycles. The Hall–Kier alpha value is -2.46. The first-order valence-electron chi connectivity index (χ1n) is 8.19. The molecule has 1 saturated heterocycles. The van der Waals surface area contributed by atoms with E-state index in [1.807, 2.05) is 53.4 Å². The number of halogens is 1. The third kappa shape index (κ3) is 4.52. The van der Waals surface area contributed by atoms with Crippen LogP contribution in [0.5, 0.6) is 0 Å². The van der Waals surface area contributed by atoms with Crippen molar-refractivity contribution in [1.29, 1.82) is 0 Å². The van der Waals surface area contributed by atoms with Gasteiger partial charge in [0.25, 0.3) is 0 Å². The summed E-state index contributed by atoms with van der Waals surface area (Å²) in [5, 5.41) is 0.